The van der Waals surface area contributed by atoms with Gasteiger partial charge in [-0.3, -0.25) is 10.1 Å². The fourth-order valence-corrected chi connectivity index (χ4v) is 1.16. The molecule has 0 aromatic heterocycles. The third-order valence-electron chi connectivity index (χ3n) is 1.88. The zero-order valence-electron chi connectivity index (χ0n) is 7.93. The number of rotatable bonds is 3. The molecule has 0 spiro atoms. The summed E-state index contributed by atoms with van der Waals surface area (Å²) in [5.41, 5.74) is 0.490. The van der Waals surface area contributed by atoms with E-state index in [0.717, 1.165) is 0 Å². The van der Waals surface area contributed by atoms with Crippen molar-refractivity contribution >= 4 is 5.69 Å². The average Bonchev–Trinajstić information content (AvgIpc) is 2.16. The third kappa shape index (κ3) is 2.00. The van der Waals surface area contributed by atoms with Crippen molar-refractivity contribution in [3.05, 3.63) is 33.9 Å². The molecule has 0 aliphatic heterocycles. The predicted molar refractivity (Wildman–Crippen MR) is 50.3 cm³/mol. The van der Waals surface area contributed by atoms with Gasteiger partial charge in [0.25, 0.3) is 5.69 Å². The number of benzene rings is 1. The van der Waals surface area contributed by atoms with Crippen LogP contribution in [0.2, 0.25) is 0 Å². The lowest BCUT2D eigenvalue weighted by Crippen LogP contribution is -1.98. The van der Waals surface area contributed by atoms with Crippen molar-refractivity contribution in [1.82, 2.24) is 0 Å². The third-order valence-corrected chi connectivity index (χ3v) is 1.88. The smallest absolute Gasteiger partial charge is 0.273 e. The van der Waals surface area contributed by atoms with Crippen LogP contribution in [0, 0.1) is 10.1 Å². The maximum absolute atomic E-state index is 10.4. The van der Waals surface area contributed by atoms with Gasteiger partial charge in [-0.15, -0.1) is 0 Å². The highest BCUT2D eigenvalue weighted by atomic mass is 16.6. The molecule has 1 atom stereocenters. The minimum atomic E-state index is -0.703. The molecule has 1 aromatic rings. The largest absolute Gasteiger partial charge is 0.496 e. The van der Waals surface area contributed by atoms with Crippen LogP contribution in [-0.4, -0.2) is 17.1 Å². The van der Waals surface area contributed by atoms with E-state index in [9.17, 15) is 15.2 Å². The van der Waals surface area contributed by atoms with Crippen molar-refractivity contribution in [2.75, 3.05) is 7.11 Å². The number of nitro groups is 1. The van der Waals surface area contributed by atoms with Gasteiger partial charge in [-0.2, -0.15) is 0 Å². The molecule has 1 N–H and O–H groups in total. The summed E-state index contributed by atoms with van der Waals surface area (Å²) in [5.74, 6) is 0.328. The van der Waals surface area contributed by atoms with E-state index in [1.807, 2.05) is 0 Å². The molecule has 0 saturated heterocycles. The van der Waals surface area contributed by atoms with Gasteiger partial charge in [-0.1, -0.05) is 0 Å². The van der Waals surface area contributed by atoms with Gasteiger partial charge in [0, 0.05) is 11.6 Å². The molecule has 0 bridgehead atoms. The Morgan fingerprint density at radius 2 is 2.21 bits per heavy atom. The summed E-state index contributed by atoms with van der Waals surface area (Å²) in [6.45, 7) is 1.57. The minimum Gasteiger partial charge on any atom is -0.496 e. The molecule has 0 heterocycles. The lowest BCUT2D eigenvalue weighted by molar-refractivity contribution is -0.384. The van der Waals surface area contributed by atoms with Crippen molar-refractivity contribution in [3.63, 3.8) is 0 Å². The summed E-state index contributed by atoms with van der Waals surface area (Å²) in [4.78, 5) is 9.93. The molecular formula is C9H11NO4. The quantitative estimate of drug-likeness (QED) is 0.590. The Kier molecular flexibility index (Phi) is 3.03. The highest BCUT2D eigenvalue weighted by Gasteiger charge is 2.13. The second-order valence-corrected chi connectivity index (χ2v) is 2.86. The number of aliphatic hydroxyl groups excluding tert-OH is 1. The van der Waals surface area contributed by atoms with Gasteiger partial charge in [-0.05, 0) is 13.0 Å². The fourth-order valence-electron chi connectivity index (χ4n) is 1.16. The van der Waals surface area contributed by atoms with E-state index >= 15 is 0 Å². The molecule has 0 saturated carbocycles. The van der Waals surface area contributed by atoms with Gasteiger partial charge in [0.2, 0.25) is 0 Å². The van der Waals surface area contributed by atoms with Crippen molar-refractivity contribution in [2.45, 2.75) is 13.0 Å². The maximum atomic E-state index is 10.4. The first-order chi connectivity index (χ1) is 6.56. The number of nitro benzene ring substituents is 1. The van der Waals surface area contributed by atoms with Crippen LogP contribution in [-0.2, 0) is 0 Å². The number of hydrogen-bond donors (Lipinski definition) is 1. The molecule has 0 fully saturated rings. The Balaban J connectivity index is 3.18. The molecule has 14 heavy (non-hydrogen) atoms. The molecular weight excluding hydrogens is 186 g/mol. The van der Waals surface area contributed by atoms with Gasteiger partial charge in [0.1, 0.15) is 5.75 Å². The van der Waals surface area contributed by atoms with Gasteiger partial charge in [0.05, 0.1) is 24.2 Å². The SMILES string of the molecule is COc1cc([N+](=O)[O-])ccc1[C@@H](C)O. The number of hydrogen-bond acceptors (Lipinski definition) is 4. The lowest BCUT2D eigenvalue weighted by atomic mass is 10.1. The molecule has 1 rings (SSSR count). The summed E-state index contributed by atoms with van der Waals surface area (Å²) in [7, 11) is 1.41. The molecule has 76 valence electrons. The van der Waals surface area contributed by atoms with Crippen LogP contribution in [0.5, 0.6) is 5.75 Å². The molecule has 0 unspecified atom stereocenters. The fraction of sp³-hybridized carbons (Fsp3) is 0.333. The molecule has 5 heteroatoms. The molecule has 0 aliphatic carbocycles. The van der Waals surface area contributed by atoms with Crippen molar-refractivity contribution in [2.24, 2.45) is 0 Å². The zero-order chi connectivity index (χ0) is 10.7. The monoisotopic (exact) mass is 197 g/mol. The first kappa shape index (κ1) is 10.5. The van der Waals surface area contributed by atoms with Crippen LogP contribution >= 0.6 is 0 Å². The zero-order valence-corrected chi connectivity index (χ0v) is 7.93. The lowest BCUT2D eigenvalue weighted by Gasteiger charge is -2.09. The van der Waals surface area contributed by atoms with Crippen LogP contribution in [0.4, 0.5) is 5.69 Å². The Bertz CT molecular complexity index is 349. The number of aliphatic hydroxyl groups is 1. The molecule has 0 amide bonds. The van der Waals surface area contributed by atoms with Crippen LogP contribution in [0.25, 0.3) is 0 Å². The van der Waals surface area contributed by atoms with Crippen molar-refractivity contribution < 1.29 is 14.8 Å². The van der Waals surface area contributed by atoms with Gasteiger partial charge >= 0.3 is 0 Å². The second-order valence-electron chi connectivity index (χ2n) is 2.86. The molecule has 0 aliphatic rings. The van der Waals surface area contributed by atoms with E-state index in [2.05, 4.69) is 0 Å². The number of nitrogens with zero attached hydrogens (tertiary/aromatic N) is 1. The molecule has 5 nitrogen and oxygen atoms in total. The number of methoxy groups -OCH3 is 1. The topological polar surface area (TPSA) is 72.6 Å². The predicted octanol–water partition coefficient (Wildman–Crippen LogP) is 1.66. The molecule has 1 aromatic carbocycles. The van der Waals surface area contributed by atoms with Crippen LogP contribution in [0.15, 0.2) is 18.2 Å². The number of non-ortho nitro benzene ring substituents is 1. The Morgan fingerprint density at radius 1 is 1.57 bits per heavy atom. The number of ether oxygens (including phenoxy) is 1. The van der Waals surface area contributed by atoms with Gasteiger partial charge in [0.15, 0.2) is 0 Å². The highest BCUT2D eigenvalue weighted by molar-refractivity contribution is 5.45. The van der Waals surface area contributed by atoms with E-state index in [4.69, 9.17) is 4.74 Å². The van der Waals surface area contributed by atoms with Crippen molar-refractivity contribution in [1.29, 1.82) is 0 Å². The maximum Gasteiger partial charge on any atom is 0.273 e. The first-order valence-electron chi connectivity index (χ1n) is 4.06. The first-order valence-corrected chi connectivity index (χ1v) is 4.06. The van der Waals surface area contributed by atoms with Crippen LogP contribution < -0.4 is 4.74 Å². The average molecular weight is 197 g/mol. The molecule has 0 radical (unpaired) electrons. The summed E-state index contributed by atoms with van der Waals surface area (Å²) in [6, 6.07) is 4.12. The van der Waals surface area contributed by atoms with Crippen molar-refractivity contribution in [3.8, 4) is 5.75 Å². The van der Waals surface area contributed by atoms with E-state index < -0.39 is 11.0 Å². The van der Waals surface area contributed by atoms with E-state index in [0.29, 0.717) is 11.3 Å². The van der Waals surface area contributed by atoms with E-state index in [-0.39, 0.29) is 5.69 Å². The summed E-state index contributed by atoms with van der Waals surface area (Å²) in [6.07, 6.45) is -0.703. The minimum absolute atomic E-state index is 0.0498. The summed E-state index contributed by atoms with van der Waals surface area (Å²) >= 11 is 0. The summed E-state index contributed by atoms with van der Waals surface area (Å²) in [5, 5.41) is 19.8. The van der Waals surface area contributed by atoms with E-state index in [1.165, 1.54) is 25.3 Å². The Labute approximate surface area is 81.1 Å². The summed E-state index contributed by atoms with van der Waals surface area (Å²) < 4.78 is 4.93. The van der Waals surface area contributed by atoms with Crippen LogP contribution in [0.1, 0.15) is 18.6 Å². The standard InChI is InChI=1S/C9H11NO4/c1-6(11)8-4-3-7(10(12)13)5-9(8)14-2/h3-6,11H,1-2H3/t6-/m1/s1. The van der Waals surface area contributed by atoms with Gasteiger partial charge < -0.3 is 9.84 Å². The Hall–Kier alpha value is -1.62. The highest BCUT2D eigenvalue weighted by Crippen LogP contribution is 2.28. The second kappa shape index (κ2) is 4.06. The van der Waals surface area contributed by atoms with Crippen LogP contribution in [0.3, 0.4) is 0 Å². The Morgan fingerprint density at radius 3 is 2.64 bits per heavy atom. The normalized spacial score (nSPS) is 12.2. The van der Waals surface area contributed by atoms with E-state index in [1.54, 1.807) is 6.92 Å². The van der Waals surface area contributed by atoms with Gasteiger partial charge in [-0.25, -0.2) is 0 Å².